The number of piperazine rings is 1. The van der Waals surface area contributed by atoms with Crippen molar-refractivity contribution in [3.63, 3.8) is 0 Å². The van der Waals surface area contributed by atoms with E-state index in [-0.39, 0.29) is 30.7 Å². The lowest BCUT2D eigenvalue weighted by Crippen LogP contribution is -2.46. The number of nitrogens with zero attached hydrogens (tertiary/aromatic N) is 3. The quantitative estimate of drug-likeness (QED) is 0.800. The smallest absolute Gasteiger partial charge is 0.221 e. The molecule has 2 aromatic rings. The van der Waals surface area contributed by atoms with Crippen molar-refractivity contribution in [2.45, 2.75) is 13.0 Å². The monoisotopic (exact) mass is 373 g/mol. The first-order valence-corrected chi connectivity index (χ1v) is 7.92. The van der Waals surface area contributed by atoms with Crippen LogP contribution in [0.4, 0.5) is 0 Å². The summed E-state index contributed by atoms with van der Waals surface area (Å²) in [7, 11) is 0. The summed E-state index contributed by atoms with van der Waals surface area (Å²) in [6.07, 6.45) is 2.29. The summed E-state index contributed by atoms with van der Waals surface area (Å²) >= 11 is 0. The Kier molecular flexibility index (Phi) is 9.07. The van der Waals surface area contributed by atoms with E-state index in [0.29, 0.717) is 13.0 Å². The van der Waals surface area contributed by atoms with Crippen molar-refractivity contribution in [1.82, 2.24) is 25.1 Å². The summed E-state index contributed by atoms with van der Waals surface area (Å²) in [5.41, 5.74) is 2.05. The van der Waals surface area contributed by atoms with Crippen molar-refractivity contribution in [2.75, 3.05) is 39.3 Å². The first kappa shape index (κ1) is 20.7. The van der Waals surface area contributed by atoms with Gasteiger partial charge in [0.15, 0.2) is 0 Å². The second kappa shape index (κ2) is 10.5. The summed E-state index contributed by atoms with van der Waals surface area (Å²) < 4.78 is 2.03. The first-order chi connectivity index (χ1) is 10.8. The number of halogens is 2. The predicted molar refractivity (Wildman–Crippen MR) is 101 cm³/mol. The third kappa shape index (κ3) is 5.63. The molecule has 1 aromatic heterocycles. The van der Waals surface area contributed by atoms with Crippen LogP contribution in [-0.2, 0) is 11.3 Å². The van der Waals surface area contributed by atoms with Gasteiger partial charge in [-0.15, -0.1) is 24.8 Å². The summed E-state index contributed by atoms with van der Waals surface area (Å²) in [6, 6.07) is 7.99. The molecular formula is C16H25Cl2N5O. The standard InChI is InChI=1S/C16H23N5O.2ClH/c22-16(18-8-12-20-10-6-17-7-11-20)5-9-21-13-19-14-3-1-2-4-15(14)21;;/h1-4,13,17H,5-12H2,(H,18,22);2*1H. The minimum Gasteiger partial charge on any atom is -0.355 e. The topological polar surface area (TPSA) is 62.2 Å². The van der Waals surface area contributed by atoms with Gasteiger partial charge in [0.25, 0.3) is 0 Å². The number of hydrogen-bond donors (Lipinski definition) is 2. The molecule has 2 heterocycles. The van der Waals surface area contributed by atoms with Crippen LogP contribution < -0.4 is 10.6 Å². The number of para-hydroxylation sites is 2. The molecule has 1 amide bonds. The molecular weight excluding hydrogens is 349 g/mol. The molecule has 0 saturated carbocycles. The maximum absolute atomic E-state index is 11.9. The summed E-state index contributed by atoms with van der Waals surface area (Å²) in [6.45, 7) is 6.54. The molecule has 1 aromatic carbocycles. The molecule has 0 unspecified atom stereocenters. The number of carbonyl (C=O) groups excluding carboxylic acids is 1. The van der Waals surface area contributed by atoms with E-state index in [0.717, 1.165) is 50.3 Å². The first-order valence-electron chi connectivity index (χ1n) is 7.92. The van der Waals surface area contributed by atoms with Gasteiger partial charge >= 0.3 is 0 Å². The molecule has 2 N–H and O–H groups in total. The van der Waals surface area contributed by atoms with Crippen LogP contribution in [0.3, 0.4) is 0 Å². The van der Waals surface area contributed by atoms with Crippen molar-refractivity contribution in [1.29, 1.82) is 0 Å². The Hall–Kier alpha value is -1.34. The maximum Gasteiger partial charge on any atom is 0.221 e. The number of imidazole rings is 1. The normalized spacial score (nSPS) is 14.7. The fourth-order valence-electron chi connectivity index (χ4n) is 2.79. The Labute approximate surface area is 154 Å². The number of aromatic nitrogens is 2. The Morgan fingerprint density at radius 1 is 1.17 bits per heavy atom. The molecule has 0 radical (unpaired) electrons. The number of carbonyl (C=O) groups is 1. The van der Waals surface area contributed by atoms with Crippen molar-refractivity contribution in [2.24, 2.45) is 0 Å². The van der Waals surface area contributed by atoms with Crippen LogP contribution in [0, 0.1) is 0 Å². The lowest BCUT2D eigenvalue weighted by molar-refractivity contribution is -0.121. The Bertz CT molecular complexity index is 628. The highest BCUT2D eigenvalue weighted by Gasteiger charge is 2.09. The van der Waals surface area contributed by atoms with Crippen LogP contribution in [-0.4, -0.2) is 59.6 Å². The van der Waals surface area contributed by atoms with Gasteiger partial charge in [0.1, 0.15) is 0 Å². The molecule has 0 bridgehead atoms. The van der Waals surface area contributed by atoms with Gasteiger partial charge in [-0.1, -0.05) is 12.1 Å². The highest BCUT2D eigenvalue weighted by Crippen LogP contribution is 2.11. The Morgan fingerprint density at radius 3 is 2.71 bits per heavy atom. The minimum atomic E-state index is 0. The molecule has 6 nitrogen and oxygen atoms in total. The molecule has 8 heteroatoms. The largest absolute Gasteiger partial charge is 0.355 e. The molecule has 1 aliphatic rings. The summed E-state index contributed by atoms with van der Waals surface area (Å²) in [5.74, 6) is 0.105. The molecule has 1 saturated heterocycles. The molecule has 134 valence electrons. The van der Waals surface area contributed by atoms with Crippen LogP contribution in [0.15, 0.2) is 30.6 Å². The average molecular weight is 374 g/mol. The van der Waals surface area contributed by atoms with E-state index < -0.39 is 0 Å². The van der Waals surface area contributed by atoms with Gasteiger partial charge in [-0.25, -0.2) is 4.98 Å². The van der Waals surface area contributed by atoms with E-state index in [1.54, 1.807) is 6.33 Å². The van der Waals surface area contributed by atoms with Crippen LogP contribution in [0.25, 0.3) is 11.0 Å². The third-order valence-corrected chi connectivity index (χ3v) is 4.07. The van der Waals surface area contributed by atoms with E-state index in [1.807, 2.05) is 28.8 Å². The van der Waals surface area contributed by atoms with E-state index in [9.17, 15) is 4.79 Å². The molecule has 3 rings (SSSR count). The Morgan fingerprint density at radius 2 is 1.92 bits per heavy atom. The molecule has 24 heavy (non-hydrogen) atoms. The number of hydrogen-bond acceptors (Lipinski definition) is 4. The average Bonchev–Trinajstić information content (AvgIpc) is 2.97. The highest BCUT2D eigenvalue weighted by atomic mass is 35.5. The zero-order valence-corrected chi connectivity index (χ0v) is 15.2. The van der Waals surface area contributed by atoms with E-state index >= 15 is 0 Å². The van der Waals surface area contributed by atoms with Gasteiger partial charge < -0.3 is 15.2 Å². The van der Waals surface area contributed by atoms with Crippen molar-refractivity contribution in [3.05, 3.63) is 30.6 Å². The van der Waals surface area contributed by atoms with Crippen LogP contribution >= 0.6 is 24.8 Å². The van der Waals surface area contributed by atoms with Crippen LogP contribution in [0.1, 0.15) is 6.42 Å². The van der Waals surface area contributed by atoms with E-state index in [2.05, 4.69) is 20.5 Å². The number of aryl methyl sites for hydroxylation is 1. The van der Waals surface area contributed by atoms with Crippen molar-refractivity contribution < 1.29 is 4.79 Å². The van der Waals surface area contributed by atoms with E-state index in [1.165, 1.54) is 0 Å². The predicted octanol–water partition coefficient (Wildman–Crippen LogP) is 1.29. The Balaban J connectivity index is 0.00000144. The fraction of sp³-hybridized carbons (Fsp3) is 0.500. The number of nitrogens with one attached hydrogen (secondary N) is 2. The molecule has 0 aliphatic carbocycles. The second-order valence-corrected chi connectivity index (χ2v) is 5.62. The van der Waals surface area contributed by atoms with Gasteiger partial charge in [-0.05, 0) is 12.1 Å². The highest BCUT2D eigenvalue weighted by molar-refractivity contribution is 5.85. The van der Waals surface area contributed by atoms with Crippen LogP contribution in [0.2, 0.25) is 0 Å². The van der Waals surface area contributed by atoms with Gasteiger partial charge in [-0.2, -0.15) is 0 Å². The third-order valence-electron chi connectivity index (χ3n) is 4.07. The van der Waals surface area contributed by atoms with Crippen molar-refractivity contribution in [3.8, 4) is 0 Å². The minimum absolute atomic E-state index is 0. The van der Waals surface area contributed by atoms with Gasteiger partial charge in [-0.3, -0.25) is 9.69 Å². The number of amides is 1. The maximum atomic E-state index is 11.9. The molecule has 0 atom stereocenters. The van der Waals surface area contributed by atoms with Crippen LogP contribution in [0.5, 0.6) is 0 Å². The lowest BCUT2D eigenvalue weighted by Gasteiger charge is -2.27. The van der Waals surface area contributed by atoms with Gasteiger partial charge in [0.2, 0.25) is 5.91 Å². The molecule has 1 fully saturated rings. The van der Waals surface area contributed by atoms with E-state index in [4.69, 9.17) is 0 Å². The zero-order chi connectivity index (χ0) is 15.2. The summed E-state index contributed by atoms with van der Waals surface area (Å²) in [4.78, 5) is 18.7. The summed E-state index contributed by atoms with van der Waals surface area (Å²) in [5, 5.41) is 6.33. The number of benzene rings is 1. The van der Waals surface area contributed by atoms with Crippen molar-refractivity contribution >= 4 is 41.8 Å². The second-order valence-electron chi connectivity index (χ2n) is 5.62. The fourth-order valence-corrected chi connectivity index (χ4v) is 2.79. The zero-order valence-electron chi connectivity index (χ0n) is 13.6. The van der Waals surface area contributed by atoms with Gasteiger partial charge in [0.05, 0.1) is 17.4 Å². The van der Waals surface area contributed by atoms with Gasteiger partial charge in [0, 0.05) is 52.2 Å². The molecule has 1 aliphatic heterocycles. The SMILES string of the molecule is Cl.Cl.O=C(CCn1cnc2ccccc21)NCCN1CCNCC1. The lowest BCUT2D eigenvalue weighted by atomic mass is 10.3. The molecule has 0 spiro atoms. The number of fused-ring (bicyclic) bond motifs is 1. The number of rotatable bonds is 6.